The van der Waals surface area contributed by atoms with Gasteiger partial charge in [-0.05, 0) is 17.7 Å². The average Bonchev–Trinajstić information content (AvgIpc) is 2.53. The maximum absolute atomic E-state index is 14.0. The zero-order valence-electron chi connectivity index (χ0n) is 12.5. The number of carbonyl (C=O) groups is 2. The Morgan fingerprint density at radius 2 is 1.92 bits per heavy atom. The lowest BCUT2D eigenvalue weighted by Crippen LogP contribution is -2.31. The normalized spacial score (nSPS) is 11.6. The monoisotopic (exact) mass is 351 g/mol. The topological polar surface area (TPSA) is 75.6 Å². The van der Waals surface area contributed by atoms with Crippen LogP contribution in [0.4, 0.5) is 9.18 Å². The molecule has 0 spiro atoms. The maximum Gasteiger partial charge on any atom is 0.407 e. The van der Waals surface area contributed by atoms with Crippen LogP contribution >= 0.6 is 11.6 Å². The number of carboxylic acid groups (broad SMARTS) is 1. The molecular weight excluding hydrogens is 337 g/mol. The third-order valence-electron chi connectivity index (χ3n) is 3.22. The Kier molecular flexibility index (Phi) is 6.14. The number of carboxylic acids is 1. The van der Waals surface area contributed by atoms with Crippen LogP contribution in [0.25, 0.3) is 0 Å². The summed E-state index contributed by atoms with van der Waals surface area (Å²) in [4.78, 5) is 22.9. The van der Waals surface area contributed by atoms with Gasteiger partial charge in [0.1, 0.15) is 12.4 Å². The first-order chi connectivity index (χ1) is 11.5. The van der Waals surface area contributed by atoms with Crippen molar-refractivity contribution < 1.29 is 23.8 Å². The van der Waals surface area contributed by atoms with E-state index in [4.69, 9.17) is 21.4 Å². The molecule has 2 N–H and O–H groups in total. The number of rotatable bonds is 6. The zero-order chi connectivity index (χ0) is 17.5. The fourth-order valence-corrected chi connectivity index (χ4v) is 2.26. The number of ether oxygens (including phenoxy) is 1. The van der Waals surface area contributed by atoms with Gasteiger partial charge in [-0.15, -0.1) is 0 Å². The fraction of sp³-hybridized carbons (Fsp3) is 0.176. The largest absolute Gasteiger partial charge is 0.481 e. The molecule has 0 aromatic heterocycles. The summed E-state index contributed by atoms with van der Waals surface area (Å²) in [5, 5.41) is 11.5. The molecule has 0 fully saturated rings. The number of benzene rings is 2. The zero-order valence-corrected chi connectivity index (χ0v) is 13.3. The van der Waals surface area contributed by atoms with Gasteiger partial charge in [0.25, 0.3) is 0 Å². The van der Waals surface area contributed by atoms with Crippen LogP contribution in [-0.4, -0.2) is 17.2 Å². The molecule has 7 heteroatoms. The predicted molar refractivity (Wildman–Crippen MR) is 86.2 cm³/mol. The standard InChI is InChI=1S/C17H15ClFNO4/c18-12-6-7-13(14(19)8-12)15(9-16(21)22)20-17(23)24-10-11-4-2-1-3-5-11/h1-8,15H,9-10H2,(H,20,23)(H,21,22)/t15-/m0/s1. The molecule has 1 atom stereocenters. The van der Waals surface area contributed by atoms with Gasteiger partial charge in [-0.2, -0.15) is 0 Å². The number of aliphatic carboxylic acids is 1. The van der Waals surface area contributed by atoms with Crippen molar-refractivity contribution in [1.82, 2.24) is 5.32 Å². The van der Waals surface area contributed by atoms with E-state index in [1.54, 1.807) is 24.3 Å². The van der Waals surface area contributed by atoms with Crippen LogP contribution in [0.2, 0.25) is 5.02 Å². The van der Waals surface area contributed by atoms with E-state index in [1.165, 1.54) is 12.1 Å². The first-order valence-electron chi connectivity index (χ1n) is 7.09. The molecule has 0 aliphatic heterocycles. The molecule has 126 valence electrons. The Morgan fingerprint density at radius 1 is 1.21 bits per heavy atom. The van der Waals surface area contributed by atoms with E-state index in [9.17, 15) is 14.0 Å². The molecule has 1 amide bonds. The van der Waals surface area contributed by atoms with Crippen LogP contribution < -0.4 is 5.32 Å². The molecule has 0 radical (unpaired) electrons. The number of amides is 1. The van der Waals surface area contributed by atoms with Gasteiger partial charge in [-0.1, -0.05) is 48.0 Å². The van der Waals surface area contributed by atoms with Crippen molar-refractivity contribution in [3.8, 4) is 0 Å². The molecule has 0 saturated carbocycles. The van der Waals surface area contributed by atoms with Gasteiger partial charge in [0, 0.05) is 10.6 Å². The lowest BCUT2D eigenvalue weighted by atomic mass is 10.0. The highest BCUT2D eigenvalue weighted by atomic mass is 35.5. The van der Waals surface area contributed by atoms with Crippen molar-refractivity contribution in [3.63, 3.8) is 0 Å². The number of nitrogens with one attached hydrogen (secondary N) is 1. The molecule has 24 heavy (non-hydrogen) atoms. The van der Waals surface area contributed by atoms with Gasteiger partial charge in [0.05, 0.1) is 12.5 Å². The quantitative estimate of drug-likeness (QED) is 0.827. The van der Waals surface area contributed by atoms with E-state index in [0.29, 0.717) is 0 Å². The van der Waals surface area contributed by atoms with Gasteiger partial charge in [-0.3, -0.25) is 4.79 Å². The first-order valence-corrected chi connectivity index (χ1v) is 7.47. The van der Waals surface area contributed by atoms with Crippen LogP contribution in [0, 0.1) is 5.82 Å². The fourth-order valence-electron chi connectivity index (χ4n) is 2.10. The van der Waals surface area contributed by atoms with E-state index in [1.807, 2.05) is 6.07 Å². The number of carbonyl (C=O) groups excluding carboxylic acids is 1. The first kappa shape index (κ1) is 17.7. The van der Waals surface area contributed by atoms with Gasteiger partial charge in [-0.25, -0.2) is 9.18 Å². The van der Waals surface area contributed by atoms with Crippen molar-refractivity contribution in [2.75, 3.05) is 0 Å². The van der Waals surface area contributed by atoms with E-state index < -0.39 is 30.3 Å². The highest BCUT2D eigenvalue weighted by Crippen LogP contribution is 2.23. The molecule has 0 aliphatic carbocycles. The summed E-state index contributed by atoms with van der Waals surface area (Å²) >= 11 is 5.68. The molecule has 0 bridgehead atoms. The van der Waals surface area contributed by atoms with E-state index >= 15 is 0 Å². The lowest BCUT2D eigenvalue weighted by molar-refractivity contribution is -0.137. The van der Waals surface area contributed by atoms with Gasteiger partial charge >= 0.3 is 12.1 Å². The summed E-state index contributed by atoms with van der Waals surface area (Å²) in [7, 11) is 0. The Bertz CT molecular complexity index is 724. The van der Waals surface area contributed by atoms with Crippen molar-refractivity contribution >= 4 is 23.7 Å². The number of hydrogen-bond donors (Lipinski definition) is 2. The van der Waals surface area contributed by atoms with Crippen LogP contribution in [0.3, 0.4) is 0 Å². The lowest BCUT2D eigenvalue weighted by Gasteiger charge is -2.18. The Labute approximate surface area is 143 Å². The minimum atomic E-state index is -1.18. The summed E-state index contributed by atoms with van der Waals surface area (Å²) in [6, 6.07) is 11.7. The second-order valence-electron chi connectivity index (χ2n) is 5.02. The Balaban J connectivity index is 2.05. The van der Waals surface area contributed by atoms with Gasteiger partial charge in [0.2, 0.25) is 0 Å². The molecule has 0 saturated heterocycles. The molecule has 2 rings (SSSR count). The summed E-state index contributed by atoms with van der Waals surface area (Å²) < 4.78 is 19.0. The van der Waals surface area contributed by atoms with E-state index in [0.717, 1.165) is 11.6 Å². The van der Waals surface area contributed by atoms with Crippen LogP contribution in [0.15, 0.2) is 48.5 Å². The third-order valence-corrected chi connectivity index (χ3v) is 3.46. The molecule has 5 nitrogen and oxygen atoms in total. The molecule has 0 unspecified atom stereocenters. The second kappa shape index (κ2) is 8.31. The average molecular weight is 352 g/mol. The third kappa shape index (κ3) is 5.24. The Morgan fingerprint density at radius 3 is 2.54 bits per heavy atom. The predicted octanol–water partition coefficient (Wildman–Crippen LogP) is 3.92. The molecule has 0 heterocycles. The number of alkyl carbamates (subject to hydrolysis) is 1. The van der Waals surface area contributed by atoms with Gasteiger partial charge < -0.3 is 15.2 Å². The highest BCUT2D eigenvalue weighted by molar-refractivity contribution is 6.30. The highest BCUT2D eigenvalue weighted by Gasteiger charge is 2.22. The van der Waals surface area contributed by atoms with E-state index in [2.05, 4.69) is 5.32 Å². The van der Waals surface area contributed by atoms with Crippen molar-refractivity contribution in [3.05, 3.63) is 70.5 Å². The van der Waals surface area contributed by atoms with Crippen LogP contribution in [0.5, 0.6) is 0 Å². The van der Waals surface area contributed by atoms with Crippen LogP contribution in [0.1, 0.15) is 23.6 Å². The van der Waals surface area contributed by atoms with Crippen molar-refractivity contribution in [2.45, 2.75) is 19.1 Å². The van der Waals surface area contributed by atoms with Crippen molar-refractivity contribution in [2.24, 2.45) is 0 Å². The minimum absolute atomic E-state index is 0.0234. The summed E-state index contributed by atoms with van der Waals surface area (Å²) in [5.41, 5.74) is 0.804. The smallest absolute Gasteiger partial charge is 0.407 e. The van der Waals surface area contributed by atoms with E-state index in [-0.39, 0.29) is 17.2 Å². The van der Waals surface area contributed by atoms with Crippen LogP contribution in [-0.2, 0) is 16.1 Å². The SMILES string of the molecule is O=C(O)C[C@H](NC(=O)OCc1ccccc1)c1ccc(Cl)cc1F. The number of halogens is 2. The molecular formula is C17H15ClFNO4. The number of hydrogen-bond acceptors (Lipinski definition) is 3. The Hall–Kier alpha value is -2.60. The van der Waals surface area contributed by atoms with Gasteiger partial charge in [0.15, 0.2) is 0 Å². The second-order valence-corrected chi connectivity index (χ2v) is 5.46. The molecule has 2 aromatic rings. The summed E-state index contributed by atoms with van der Waals surface area (Å²) in [6.07, 6.45) is -1.32. The molecule has 2 aromatic carbocycles. The maximum atomic E-state index is 14.0. The van der Waals surface area contributed by atoms with Crippen molar-refractivity contribution in [1.29, 1.82) is 0 Å². The summed E-state index contributed by atoms with van der Waals surface area (Å²) in [5.74, 6) is -1.88. The minimum Gasteiger partial charge on any atom is -0.481 e. The molecule has 0 aliphatic rings. The summed E-state index contributed by atoms with van der Waals surface area (Å²) in [6.45, 7) is 0.0234.